The van der Waals surface area contributed by atoms with Gasteiger partial charge in [0, 0.05) is 6.07 Å². The summed E-state index contributed by atoms with van der Waals surface area (Å²) in [5.41, 5.74) is -0.200. The van der Waals surface area contributed by atoms with E-state index in [-0.39, 0.29) is 24.7 Å². The quantitative estimate of drug-likeness (QED) is 0.648. The van der Waals surface area contributed by atoms with E-state index in [0.717, 1.165) is 24.6 Å². The van der Waals surface area contributed by atoms with E-state index in [1.165, 1.54) is 6.26 Å². The Hall–Kier alpha value is -3.07. The number of benzene rings is 1. The van der Waals surface area contributed by atoms with Crippen LogP contribution in [0.1, 0.15) is 19.2 Å². The number of anilines is 1. The Morgan fingerprint density at radius 1 is 1.26 bits per heavy atom. The summed E-state index contributed by atoms with van der Waals surface area (Å²) >= 11 is 0. The first-order valence-electron chi connectivity index (χ1n) is 8.38. The Labute approximate surface area is 154 Å². The number of amides is 1. The first-order chi connectivity index (χ1) is 13.0. The molecule has 2 aromatic heterocycles. The first kappa shape index (κ1) is 18.7. The molecule has 0 bridgehead atoms. The van der Waals surface area contributed by atoms with E-state index in [9.17, 15) is 13.6 Å². The van der Waals surface area contributed by atoms with Crippen LogP contribution >= 0.6 is 0 Å². The number of nitrogens with one attached hydrogen (secondary N) is 1. The molecule has 3 rings (SSSR count). The van der Waals surface area contributed by atoms with Crippen LogP contribution in [0.4, 0.5) is 14.5 Å². The summed E-state index contributed by atoms with van der Waals surface area (Å²) in [4.78, 5) is 14.0. The highest BCUT2D eigenvalue weighted by atomic mass is 19.1. The zero-order chi connectivity index (χ0) is 19.2. The van der Waals surface area contributed by atoms with Crippen LogP contribution in [-0.2, 0) is 11.3 Å². The maximum atomic E-state index is 13.7. The van der Waals surface area contributed by atoms with Crippen molar-refractivity contribution >= 4 is 11.6 Å². The summed E-state index contributed by atoms with van der Waals surface area (Å²) in [5, 5.41) is 10.2. The van der Waals surface area contributed by atoms with Gasteiger partial charge in [0.1, 0.15) is 11.6 Å². The van der Waals surface area contributed by atoms with Crippen molar-refractivity contribution < 1.29 is 22.4 Å². The second-order valence-corrected chi connectivity index (χ2v) is 5.86. The van der Waals surface area contributed by atoms with Gasteiger partial charge in [-0.3, -0.25) is 9.69 Å². The van der Waals surface area contributed by atoms with E-state index in [1.54, 1.807) is 17.0 Å². The van der Waals surface area contributed by atoms with Crippen molar-refractivity contribution in [2.24, 2.45) is 0 Å². The van der Waals surface area contributed by atoms with Gasteiger partial charge < -0.3 is 14.2 Å². The first-order valence-corrected chi connectivity index (χ1v) is 8.38. The van der Waals surface area contributed by atoms with Crippen LogP contribution in [-0.4, -0.2) is 34.1 Å². The number of hydrogen-bond donors (Lipinski definition) is 1. The Balaban J connectivity index is 1.63. The number of carbonyl (C=O) groups excluding carboxylic acids is 1. The Morgan fingerprint density at radius 3 is 2.85 bits per heavy atom. The van der Waals surface area contributed by atoms with Gasteiger partial charge in [-0.25, -0.2) is 8.78 Å². The van der Waals surface area contributed by atoms with Crippen LogP contribution in [0.25, 0.3) is 11.7 Å². The van der Waals surface area contributed by atoms with Gasteiger partial charge in [0.2, 0.25) is 11.8 Å². The summed E-state index contributed by atoms with van der Waals surface area (Å²) in [6.45, 7) is 2.74. The van der Waals surface area contributed by atoms with Gasteiger partial charge in [0.05, 0.1) is 25.0 Å². The second kappa shape index (κ2) is 8.54. The lowest BCUT2D eigenvalue weighted by Crippen LogP contribution is -2.33. The van der Waals surface area contributed by atoms with Crippen LogP contribution in [0.5, 0.6) is 0 Å². The SMILES string of the molecule is CCCN(CC(=O)Nc1cc(F)ccc1F)Cc1nnc(-c2ccco2)o1. The lowest BCUT2D eigenvalue weighted by molar-refractivity contribution is -0.117. The van der Waals surface area contributed by atoms with Crippen molar-refractivity contribution in [1.82, 2.24) is 15.1 Å². The maximum Gasteiger partial charge on any atom is 0.283 e. The highest BCUT2D eigenvalue weighted by Crippen LogP contribution is 2.19. The molecule has 0 spiro atoms. The third-order valence-corrected chi connectivity index (χ3v) is 3.67. The molecule has 0 unspecified atom stereocenters. The summed E-state index contributed by atoms with van der Waals surface area (Å²) in [7, 11) is 0. The van der Waals surface area contributed by atoms with Crippen molar-refractivity contribution in [2.45, 2.75) is 19.9 Å². The molecule has 0 fully saturated rings. The van der Waals surface area contributed by atoms with Crippen LogP contribution in [0, 0.1) is 11.6 Å². The van der Waals surface area contributed by atoms with Crippen LogP contribution < -0.4 is 5.32 Å². The topological polar surface area (TPSA) is 84.4 Å². The molecule has 1 aromatic carbocycles. The third-order valence-electron chi connectivity index (χ3n) is 3.67. The number of carbonyl (C=O) groups is 1. The van der Waals surface area contributed by atoms with Crippen molar-refractivity contribution in [2.75, 3.05) is 18.4 Å². The molecule has 0 aliphatic rings. The van der Waals surface area contributed by atoms with Gasteiger partial charge in [-0.05, 0) is 37.2 Å². The largest absolute Gasteiger partial charge is 0.459 e. The fourth-order valence-corrected chi connectivity index (χ4v) is 2.52. The number of nitrogens with zero attached hydrogens (tertiary/aromatic N) is 3. The molecule has 3 aromatic rings. The molecule has 1 amide bonds. The van der Waals surface area contributed by atoms with E-state index in [4.69, 9.17) is 8.83 Å². The normalized spacial score (nSPS) is 11.1. The summed E-state index contributed by atoms with van der Waals surface area (Å²) < 4.78 is 37.6. The minimum atomic E-state index is -0.702. The highest BCUT2D eigenvalue weighted by Gasteiger charge is 2.17. The number of aromatic nitrogens is 2. The molecular weight excluding hydrogens is 358 g/mol. The minimum absolute atomic E-state index is 0.0394. The van der Waals surface area contributed by atoms with Gasteiger partial charge in [-0.2, -0.15) is 0 Å². The zero-order valence-electron chi connectivity index (χ0n) is 14.6. The molecule has 9 heteroatoms. The second-order valence-electron chi connectivity index (χ2n) is 5.86. The zero-order valence-corrected chi connectivity index (χ0v) is 14.6. The summed E-state index contributed by atoms with van der Waals surface area (Å²) in [6.07, 6.45) is 2.28. The molecule has 0 aliphatic heterocycles. The van der Waals surface area contributed by atoms with Gasteiger partial charge in [-0.15, -0.1) is 10.2 Å². The Morgan fingerprint density at radius 2 is 2.11 bits per heavy atom. The van der Waals surface area contributed by atoms with Crippen LogP contribution in [0.2, 0.25) is 0 Å². The van der Waals surface area contributed by atoms with E-state index in [1.807, 2.05) is 6.92 Å². The Bertz CT molecular complexity index is 896. The number of rotatable bonds is 8. The molecule has 142 valence electrons. The summed E-state index contributed by atoms with van der Waals surface area (Å²) in [5.74, 6) is -0.786. The third kappa shape index (κ3) is 4.98. The van der Waals surface area contributed by atoms with E-state index >= 15 is 0 Å². The minimum Gasteiger partial charge on any atom is -0.459 e. The lowest BCUT2D eigenvalue weighted by Gasteiger charge is -2.19. The fourth-order valence-electron chi connectivity index (χ4n) is 2.52. The van der Waals surface area contributed by atoms with Crippen LogP contribution in [0.15, 0.2) is 45.4 Å². The molecule has 0 radical (unpaired) electrons. The molecule has 7 nitrogen and oxygen atoms in total. The summed E-state index contributed by atoms with van der Waals surface area (Å²) in [6, 6.07) is 6.29. The van der Waals surface area contributed by atoms with Crippen molar-refractivity contribution in [3.8, 4) is 11.7 Å². The predicted octanol–water partition coefficient (Wildman–Crippen LogP) is 3.46. The lowest BCUT2D eigenvalue weighted by atomic mass is 10.3. The average Bonchev–Trinajstić information content (AvgIpc) is 3.29. The molecule has 1 N–H and O–H groups in total. The Kier molecular flexibility index (Phi) is 5.92. The van der Waals surface area contributed by atoms with Gasteiger partial charge in [-0.1, -0.05) is 6.92 Å². The number of furan rings is 1. The molecule has 0 atom stereocenters. The van der Waals surface area contributed by atoms with Gasteiger partial charge in [0.25, 0.3) is 5.89 Å². The van der Waals surface area contributed by atoms with Crippen LogP contribution in [0.3, 0.4) is 0 Å². The number of halogens is 2. The molecule has 27 heavy (non-hydrogen) atoms. The maximum absolute atomic E-state index is 13.7. The van der Waals surface area contributed by atoms with Gasteiger partial charge in [0.15, 0.2) is 5.76 Å². The monoisotopic (exact) mass is 376 g/mol. The van der Waals surface area contributed by atoms with Crippen molar-refractivity contribution in [3.05, 3.63) is 54.1 Å². The average molecular weight is 376 g/mol. The highest BCUT2D eigenvalue weighted by molar-refractivity contribution is 5.92. The van der Waals surface area contributed by atoms with E-state index < -0.39 is 17.5 Å². The molecule has 0 saturated heterocycles. The van der Waals surface area contributed by atoms with Crippen molar-refractivity contribution in [1.29, 1.82) is 0 Å². The standard InChI is InChI=1S/C18H18F2N4O3/c1-2-7-24(10-16(25)21-14-9-12(19)5-6-13(14)20)11-17-22-23-18(27-17)15-4-3-8-26-15/h3-6,8-9H,2,7,10-11H2,1H3,(H,21,25). The van der Waals surface area contributed by atoms with E-state index in [2.05, 4.69) is 15.5 Å². The predicted molar refractivity (Wildman–Crippen MR) is 92.6 cm³/mol. The fraction of sp³-hybridized carbons (Fsp3) is 0.278. The van der Waals surface area contributed by atoms with E-state index in [0.29, 0.717) is 18.2 Å². The number of hydrogen-bond acceptors (Lipinski definition) is 6. The van der Waals surface area contributed by atoms with Crippen molar-refractivity contribution in [3.63, 3.8) is 0 Å². The molecule has 0 aliphatic carbocycles. The molecule has 2 heterocycles. The van der Waals surface area contributed by atoms with Gasteiger partial charge >= 0.3 is 0 Å². The smallest absolute Gasteiger partial charge is 0.283 e. The molecule has 0 saturated carbocycles. The molecular formula is C18H18F2N4O3.